The van der Waals surface area contributed by atoms with Crippen molar-refractivity contribution in [3.63, 3.8) is 0 Å². The van der Waals surface area contributed by atoms with Gasteiger partial charge in [0.1, 0.15) is 12.1 Å². The fourth-order valence-electron chi connectivity index (χ4n) is 2.57. The number of nitrogens with one attached hydrogen (secondary N) is 1. The molecule has 94 valence electrons. The summed E-state index contributed by atoms with van der Waals surface area (Å²) in [5.41, 5.74) is 1.03. The Hall–Kier alpha value is -1.16. The summed E-state index contributed by atoms with van der Waals surface area (Å²) in [5.74, 6) is 1.05. The summed E-state index contributed by atoms with van der Waals surface area (Å²) in [4.78, 5) is 10.8. The van der Waals surface area contributed by atoms with Gasteiger partial charge in [0.2, 0.25) is 0 Å². The van der Waals surface area contributed by atoms with Crippen LogP contribution in [0.4, 0.5) is 5.82 Å². The molecular formula is C13H22N4. The Bertz CT molecular complexity index is 358. The lowest BCUT2D eigenvalue weighted by Crippen LogP contribution is -2.40. The smallest absolute Gasteiger partial charge is 0.132 e. The van der Waals surface area contributed by atoms with E-state index >= 15 is 0 Å². The number of nitrogens with zero attached hydrogens (tertiary/aromatic N) is 3. The summed E-state index contributed by atoms with van der Waals surface area (Å²) >= 11 is 0. The van der Waals surface area contributed by atoms with Crippen molar-refractivity contribution in [2.75, 3.05) is 19.0 Å². The second kappa shape index (κ2) is 5.45. The molecule has 1 aliphatic carbocycles. The summed E-state index contributed by atoms with van der Waals surface area (Å²) < 4.78 is 0. The molecule has 0 unspecified atom stereocenters. The normalized spacial score (nSPS) is 24.6. The van der Waals surface area contributed by atoms with E-state index < -0.39 is 0 Å². The van der Waals surface area contributed by atoms with Crippen molar-refractivity contribution in [1.29, 1.82) is 0 Å². The van der Waals surface area contributed by atoms with Gasteiger partial charge in [-0.2, -0.15) is 0 Å². The first kappa shape index (κ1) is 12.3. The first-order chi connectivity index (χ1) is 8.20. The van der Waals surface area contributed by atoms with Gasteiger partial charge in [-0.3, -0.25) is 0 Å². The summed E-state index contributed by atoms with van der Waals surface area (Å²) in [6.45, 7) is 2.01. The Morgan fingerprint density at radius 2 is 1.94 bits per heavy atom. The van der Waals surface area contributed by atoms with Crippen LogP contribution in [0.15, 0.2) is 12.4 Å². The van der Waals surface area contributed by atoms with Crippen LogP contribution in [-0.4, -0.2) is 36.1 Å². The molecule has 0 aliphatic heterocycles. The molecular weight excluding hydrogens is 212 g/mol. The molecule has 0 radical (unpaired) electrons. The van der Waals surface area contributed by atoms with Gasteiger partial charge in [-0.15, -0.1) is 0 Å². The van der Waals surface area contributed by atoms with Crippen LogP contribution >= 0.6 is 0 Å². The van der Waals surface area contributed by atoms with Crippen molar-refractivity contribution in [2.45, 2.75) is 44.7 Å². The minimum absolute atomic E-state index is 0.619. The van der Waals surface area contributed by atoms with E-state index in [1.54, 1.807) is 6.33 Å². The van der Waals surface area contributed by atoms with Crippen LogP contribution in [0.5, 0.6) is 0 Å². The van der Waals surface area contributed by atoms with Crippen molar-refractivity contribution >= 4 is 5.82 Å². The van der Waals surface area contributed by atoms with Crippen LogP contribution in [0.3, 0.4) is 0 Å². The number of aryl methyl sites for hydroxylation is 1. The maximum atomic E-state index is 4.35. The molecule has 0 saturated heterocycles. The average Bonchev–Trinajstić information content (AvgIpc) is 2.38. The lowest BCUT2D eigenvalue weighted by atomic mass is 9.90. The molecule has 17 heavy (non-hydrogen) atoms. The highest BCUT2D eigenvalue weighted by Gasteiger charge is 2.23. The first-order valence-corrected chi connectivity index (χ1v) is 6.39. The van der Waals surface area contributed by atoms with Crippen molar-refractivity contribution < 1.29 is 0 Å². The maximum absolute atomic E-state index is 4.35. The molecule has 1 aromatic rings. The first-order valence-electron chi connectivity index (χ1n) is 6.39. The van der Waals surface area contributed by atoms with Gasteiger partial charge < -0.3 is 10.2 Å². The van der Waals surface area contributed by atoms with E-state index in [4.69, 9.17) is 0 Å². The summed E-state index contributed by atoms with van der Waals surface area (Å²) in [7, 11) is 4.20. The Balaban J connectivity index is 1.99. The minimum Gasteiger partial charge on any atom is -0.357 e. The molecule has 4 heteroatoms. The number of aromatic nitrogens is 2. The third-order valence-corrected chi connectivity index (χ3v) is 3.80. The number of hydrogen-bond donors (Lipinski definition) is 1. The van der Waals surface area contributed by atoms with Crippen LogP contribution in [0, 0.1) is 6.92 Å². The predicted octanol–water partition coefficient (Wildman–Crippen LogP) is 1.75. The monoisotopic (exact) mass is 234 g/mol. The van der Waals surface area contributed by atoms with Gasteiger partial charge in [0.05, 0.1) is 0 Å². The molecule has 4 nitrogen and oxygen atoms in total. The number of anilines is 1. The zero-order chi connectivity index (χ0) is 12.3. The molecule has 1 fully saturated rings. The second-order valence-corrected chi connectivity index (χ2v) is 4.92. The minimum atomic E-state index is 0.619. The van der Waals surface area contributed by atoms with Crippen molar-refractivity contribution in [3.8, 4) is 0 Å². The Kier molecular flexibility index (Phi) is 3.94. The van der Waals surface area contributed by atoms with Gasteiger partial charge >= 0.3 is 0 Å². The quantitative estimate of drug-likeness (QED) is 0.865. The van der Waals surface area contributed by atoms with Crippen molar-refractivity contribution in [2.24, 2.45) is 0 Å². The van der Waals surface area contributed by atoms with Crippen LogP contribution in [-0.2, 0) is 0 Å². The molecule has 1 heterocycles. The molecule has 0 bridgehead atoms. The van der Waals surface area contributed by atoms with Gasteiger partial charge in [-0.05, 0) is 39.7 Å². The fraction of sp³-hybridized carbons (Fsp3) is 0.692. The summed E-state index contributed by atoms with van der Waals surface area (Å²) in [6, 6.07) is 3.38. The zero-order valence-corrected chi connectivity index (χ0v) is 11.0. The number of hydrogen-bond acceptors (Lipinski definition) is 4. The van der Waals surface area contributed by atoms with Crippen molar-refractivity contribution in [1.82, 2.24) is 15.3 Å². The lowest BCUT2D eigenvalue weighted by Gasteiger charge is -2.35. The van der Waals surface area contributed by atoms with E-state index in [0.717, 1.165) is 11.5 Å². The highest BCUT2D eigenvalue weighted by molar-refractivity contribution is 5.38. The topological polar surface area (TPSA) is 41.0 Å². The molecule has 1 aromatic heterocycles. The number of rotatable bonds is 3. The van der Waals surface area contributed by atoms with E-state index in [1.807, 2.05) is 6.92 Å². The summed E-state index contributed by atoms with van der Waals surface area (Å²) in [6.07, 6.45) is 6.65. The molecule has 2 rings (SSSR count). The molecule has 0 amide bonds. The molecule has 0 atom stereocenters. The largest absolute Gasteiger partial charge is 0.357 e. The van der Waals surface area contributed by atoms with Crippen LogP contribution in [0.25, 0.3) is 0 Å². The third-order valence-electron chi connectivity index (χ3n) is 3.80. The molecule has 1 saturated carbocycles. The van der Waals surface area contributed by atoms with Gasteiger partial charge in [0.15, 0.2) is 0 Å². The highest BCUT2D eigenvalue weighted by atomic mass is 15.2. The van der Waals surface area contributed by atoms with Gasteiger partial charge in [-0.1, -0.05) is 0 Å². The molecule has 1 aliphatic rings. The average molecular weight is 234 g/mol. The SMILES string of the molecule is CNC1CCC(N(C)c2cc(C)ncn2)CC1. The van der Waals surface area contributed by atoms with E-state index in [9.17, 15) is 0 Å². The van der Waals surface area contributed by atoms with E-state index in [1.165, 1.54) is 25.7 Å². The van der Waals surface area contributed by atoms with E-state index in [-0.39, 0.29) is 0 Å². The summed E-state index contributed by atoms with van der Waals surface area (Å²) in [5, 5.41) is 3.37. The van der Waals surface area contributed by atoms with E-state index in [2.05, 4.69) is 40.3 Å². The fourth-order valence-corrected chi connectivity index (χ4v) is 2.57. The maximum Gasteiger partial charge on any atom is 0.132 e. The van der Waals surface area contributed by atoms with Crippen LogP contribution in [0.2, 0.25) is 0 Å². The van der Waals surface area contributed by atoms with Crippen molar-refractivity contribution in [3.05, 3.63) is 18.1 Å². The molecule has 0 spiro atoms. The van der Waals surface area contributed by atoms with Gasteiger partial charge in [0, 0.05) is 30.9 Å². The van der Waals surface area contributed by atoms with Crippen LogP contribution < -0.4 is 10.2 Å². The van der Waals surface area contributed by atoms with E-state index in [0.29, 0.717) is 12.1 Å². The Morgan fingerprint density at radius 1 is 1.24 bits per heavy atom. The molecule has 0 aromatic carbocycles. The molecule has 1 N–H and O–H groups in total. The van der Waals surface area contributed by atoms with Gasteiger partial charge in [-0.25, -0.2) is 9.97 Å². The lowest BCUT2D eigenvalue weighted by molar-refractivity contribution is 0.350. The second-order valence-electron chi connectivity index (χ2n) is 4.92. The van der Waals surface area contributed by atoms with Gasteiger partial charge in [0.25, 0.3) is 0 Å². The Morgan fingerprint density at radius 3 is 2.53 bits per heavy atom. The zero-order valence-electron chi connectivity index (χ0n) is 11.0. The third kappa shape index (κ3) is 2.94. The predicted molar refractivity (Wildman–Crippen MR) is 70.3 cm³/mol. The highest BCUT2D eigenvalue weighted by Crippen LogP contribution is 2.25. The Labute approximate surface area is 103 Å². The standard InChI is InChI=1S/C13H22N4/c1-10-8-13(16-9-15-10)17(3)12-6-4-11(14-2)5-7-12/h8-9,11-12,14H,4-7H2,1-3H3. The van der Waals surface area contributed by atoms with Crippen LogP contribution in [0.1, 0.15) is 31.4 Å².